The van der Waals surface area contributed by atoms with Crippen molar-refractivity contribution in [1.82, 2.24) is 5.32 Å². The van der Waals surface area contributed by atoms with E-state index in [4.69, 9.17) is 22.1 Å². The Bertz CT molecular complexity index is 727. The summed E-state index contributed by atoms with van der Waals surface area (Å²) in [6, 6.07) is 15.3. The van der Waals surface area contributed by atoms with E-state index in [-0.39, 0.29) is 18.0 Å². The molecule has 0 heterocycles. The van der Waals surface area contributed by atoms with Gasteiger partial charge < -0.3 is 15.8 Å². The predicted molar refractivity (Wildman–Crippen MR) is 99.9 cm³/mol. The van der Waals surface area contributed by atoms with Crippen LogP contribution in [0, 0.1) is 0 Å². The lowest BCUT2D eigenvalue weighted by molar-refractivity contribution is 0.0921. The zero-order valence-electron chi connectivity index (χ0n) is 14.1. The van der Waals surface area contributed by atoms with E-state index < -0.39 is 0 Å². The summed E-state index contributed by atoms with van der Waals surface area (Å²) in [6.07, 6.45) is 3.76. The molecule has 0 saturated heterocycles. The van der Waals surface area contributed by atoms with Crippen molar-refractivity contribution in [3.63, 3.8) is 0 Å². The number of halogens is 1. The number of benzene rings is 2. The molecule has 1 fully saturated rings. The summed E-state index contributed by atoms with van der Waals surface area (Å²) in [5, 5.41) is 3.76. The highest BCUT2D eigenvalue weighted by atomic mass is 35.5. The van der Waals surface area contributed by atoms with Gasteiger partial charge in [0.25, 0.3) is 5.91 Å². The van der Waals surface area contributed by atoms with Crippen molar-refractivity contribution in [2.45, 2.75) is 44.4 Å². The number of nitrogens with two attached hydrogens (primary N) is 1. The Hall–Kier alpha value is -2.04. The maximum absolute atomic E-state index is 12.6. The molecule has 0 radical (unpaired) electrons. The van der Waals surface area contributed by atoms with Gasteiger partial charge in [-0.1, -0.05) is 41.9 Å². The van der Waals surface area contributed by atoms with Gasteiger partial charge in [0.05, 0.1) is 5.56 Å². The molecule has 1 saturated carbocycles. The molecule has 0 spiro atoms. The fraction of sp³-hybridized carbons (Fsp3) is 0.350. The smallest absolute Gasteiger partial charge is 0.255 e. The Kier molecular flexibility index (Phi) is 5.95. The maximum atomic E-state index is 12.6. The highest BCUT2D eigenvalue weighted by Crippen LogP contribution is 2.23. The van der Waals surface area contributed by atoms with E-state index in [1.54, 1.807) is 6.07 Å². The Morgan fingerprint density at radius 3 is 2.52 bits per heavy atom. The van der Waals surface area contributed by atoms with Gasteiger partial charge >= 0.3 is 0 Å². The van der Waals surface area contributed by atoms with Gasteiger partial charge in [-0.05, 0) is 43.9 Å². The summed E-state index contributed by atoms with van der Waals surface area (Å²) in [6.45, 7) is 0.322. The Balaban J connectivity index is 1.66. The molecule has 5 heteroatoms. The summed E-state index contributed by atoms with van der Waals surface area (Å²) < 4.78 is 5.87. The normalized spacial score (nSPS) is 20.1. The minimum absolute atomic E-state index is 0.102. The van der Waals surface area contributed by atoms with E-state index in [2.05, 4.69) is 5.32 Å². The van der Waals surface area contributed by atoms with Crippen molar-refractivity contribution in [3.8, 4) is 5.75 Å². The van der Waals surface area contributed by atoms with Gasteiger partial charge in [-0.15, -0.1) is 0 Å². The predicted octanol–water partition coefficient (Wildman–Crippen LogP) is 3.92. The second kappa shape index (κ2) is 8.37. The fourth-order valence-corrected chi connectivity index (χ4v) is 3.27. The minimum Gasteiger partial charge on any atom is -0.488 e. The largest absolute Gasteiger partial charge is 0.488 e. The molecule has 4 nitrogen and oxygen atoms in total. The lowest BCUT2D eigenvalue weighted by Crippen LogP contribution is -2.40. The number of hydrogen-bond donors (Lipinski definition) is 2. The molecule has 1 amide bonds. The van der Waals surface area contributed by atoms with Crippen LogP contribution in [0.5, 0.6) is 5.75 Å². The second-order valence-corrected chi connectivity index (χ2v) is 6.87. The minimum atomic E-state index is -0.102. The third-order valence-corrected chi connectivity index (χ3v) is 4.95. The van der Waals surface area contributed by atoms with Crippen LogP contribution in [-0.4, -0.2) is 18.0 Å². The first kappa shape index (κ1) is 17.8. The van der Waals surface area contributed by atoms with Crippen LogP contribution in [-0.2, 0) is 6.61 Å². The first-order valence-electron chi connectivity index (χ1n) is 8.65. The van der Waals surface area contributed by atoms with Crippen molar-refractivity contribution in [1.29, 1.82) is 0 Å². The fourth-order valence-electron chi connectivity index (χ4n) is 3.08. The lowest BCUT2D eigenvalue weighted by atomic mass is 9.91. The molecule has 132 valence electrons. The highest BCUT2D eigenvalue weighted by Gasteiger charge is 2.22. The molecule has 2 aromatic carbocycles. The molecule has 3 rings (SSSR count). The third-order valence-electron chi connectivity index (χ3n) is 4.58. The van der Waals surface area contributed by atoms with E-state index >= 15 is 0 Å². The van der Waals surface area contributed by atoms with Gasteiger partial charge in [0, 0.05) is 22.7 Å². The lowest BCUT2D eigenvalue weighted by Gasteiger charge is -2.27. The zero-order chi connectivity index (χ0) is 17.6. The monoisotopic (exact) mass is 358 g/mol. The Labute approximate surface area is 153 Å². The molecule has 1 aliphatic carbocycles. The van der Waals surface area contributed by atoms with Crippen LogP contribution in [0.2, 0.25) is 5.02 Å². The summed E-state index contributed by atoms with van der Waals surface area (Å²) in [5.74, 6) is 0.461. The topological polar surface area (TPSA) is 64.3 Å². The van der Waals surface area contributed by atoms with E-state index in [1.807, 2.05) is 42.5 Å². The molecule has 0 aromatic heterocycles. The van der Waals surface area contributed by atoms with Crippen LogP contribution >= 0.6 is 11.6 Å². The van der Waals surface area contributed by atoms with Gasteiger partial charge in [-0.3, -0.25) is 4.79 Å². The average molecular weight is 359 g/mol. The van der Waals surface area contributed by atoms with Crippen LogP contribution in [0.3, 0.4) is 0 Å². The Morgan fingerprint density at radius 2 is 1.76 bits per heavy atom. The van der Waals surface area contributed by atoms with Crippen molar-refractivity contribution in [2.24, 2.45) is 5.73 Å². The number of ether oxygens (including phenoxy) is 1. The molecule has 2 aromatic rings. The number of carbonyl (C=O) groups is 1. The van der Waals surface area contributed by atoms with Crippen molar-refractivity contribution in [3.05, 3.63) is 64.7 Å². The van der Waals surface area contributed by atoms with Gasteiger partial charge in [0.15, 0.2) is 0 Å². The molecule has 3 N–H and O–H groups in total. The average Bonchev–Trinajstić information content (AvgIpc) is 2.63. The number of hydrogen-bond acceptors (Lipinski definition) is 3. The van der Waals surface area contributed by atoms with Gasteiger partial charge in [-0.25, -0.2) is 0 Å². The van der Waals surface area contributed by atoms with Gasteiger partial charge in [-0.2, -0.15) is 0 Å². The van der Waals surface area contributed by atoms with Gasteiger partial charge in [0.2, 0.25) is 0 Å². The highest BCUT2D eigenvalue weighted by molar-refractivity contribution is 6.31. The molecule has 0 aliphatic heterocycles. The van der Waals surface area contributed by atoms with Crippen molar-refractivity contribution in [2.75, 3.05) is 0 Å². The van der Waals surface area contributed by atoms with E-state index in [0.29, 0.717) is 22.9 Å². The maximum Gasteiger partial charge on any atom is 0.255 e. The van der Waals surface area contributed by atoms with Gasteiger partial charge in [0.1, 0.15) is 12.4 Å². The van der Waals surface area contributed by atoms with Crippen LogP contribution in [0.15, 0.2) is 48.5 Å². The second-order valence-electron chi connectivity index (χ2n) is 6.46. The van der Waals surface area contributed by atoms with E-state index in [0.717, 1.165) is 31.2 Å². The quantitative estimate of drug-likeness (QED) is 0.851. The van der Waals surface area contributed by atoms with E-state index in [9.17, 15) is 4.79 Å². The van der Waals surface area contributed by atoms with Crippen LogP contribution in [0.1, 0.15) is 41.6 Å². The molecule has 25 heavy (non-hydrogen) atoms. The zero-order valence-corrected chi connectivity index (χ0v) is 14.8. The molecular formula is C20H23ClN2O2. The SMILES string of the molecule is NC1CCC(NC(=O)c2ccccc2OCc2ccccc2Cl)CC1. The number of nitrogens with one attached hydrogen (secondary N) is 1. The van der Waals surface area contributed by atoms with Crippen LogP contribution < -0.4 is 15.8 Å². The summed E-state index contributed by atoms with van der Waals surface area (Å²) in [4.78, 5) is 12.6. The summed E-state index contributed by atoms with van der Waals surface area (Å²) in [5.41, 5.74) is 7.36. The number of rotatable bonds is 5. The number of amides is 1. The molecule has 1 aliphatic rings. The number of para-hydroxylation sites is 1. The standard InChI is InChI=1S/C20H23ClN2O2/c21-18-7-3-1-5-14(18)13-25-19-8-4-2-6-17(19)20(24)23-16-11-9-15(22)10-12-16/h1-8,15-16H,9-13,22H2,(H,23,24). The summed E-state index contributed by atoms with van der Waals surface area (Å²) in [7, 11) is 0. The van der Waals surface area contributed by atoms with Crippen LogP contribution in [0.25, 0.3) is 0 Å². The van der Waals surface area contributed by atoms with Crippen molar-refractivity contribution >= 4 is 17.5 Å². The van der Waals surface area contributed by atoms with E-state index in [1.165, 1.54) is 0 Å². The van der Waals surface area contributed by atoms with Crippen LogP contribution in [0.4, 0.5) is 0 Å². The number of carbonyl (C=O) groups excluding carboxylic acids is 1. The Morgan fingerprint density at radius 1 is 1.08 bits per heavy atom. The molecule has 0 atom stereocenters. The molecular weight excluding hydrogens is 336 g/mol. The summed E-state index contributed by atoms with van der Waals surface area (Å²) >= 11 is 6.16. The van der Waals surface area contributed by atoms with Crippen molar-refractivity contribution < 1.29 is 9.53 Å². The third kappa shape index (κ3) is 4.74. The molecule has 0 bridgehead atoms. The molecule has 0 unspecified atom stereocenters. The first-order chi connectivity index (χ1) is 12.1. The first-order valence-corrected chi connectivity index (χ1v) is 9.03.